The molecule has 1 aromatic carbocycles. The molecule has 3 aromatic rings. The number of benzene rings is 1. The summed E-state index contributed by atoms with van der Waals surface area (Å²) in [6.07, 6.45) is 1.85. The zero-order chi connectivity index (χ0) is 21.8. The largest absolute Gasteiger partial charge is 0.494 e. The van der Waals surface area contributed by atoms with Gasteiger partial charge in [-0.3, -0.25) is 19.3 Å². The van der Waals surface area contributed by atoms with Crippen molar-refractivity contribution < 1.29 is 14.3 Å². The summed E-state index contributed by atoms with van der Waals surface area (Å²) in [5.41, 5.74) is 1.30. The Morgan fingerprint density at radius 1 is 1.29 bits per heavy atom. The summed E-state index contributed by atoms with van der Waals surface area (Å²) in [6, 6.07) is 7.82. The maximum Gasteiger partial charge on any atom is 0.280 e. The van der Waals surface area contributed by atoms with Crippen molar-refractivity contribution in [3.63, 3.8) is 0 Å². The Labute approximate surface area is 186 Å². The number of morpholine rings is 1. The lowest BCUT2D eigenvalue weighted by Crippen LogP contribution is -2.43. The van der Waals surface area contributed by atoms with Gasteiger partial charge in [-0.1, -0.05) is 11.3 Å². The lowest BCUT2D eigenvalue weighted by molar-refractivity contribution is 0.0391. The molecule has 0 radical (unpaired) electrons. The number of hydrogen-bond acceptors (Lipinski definition) is 7. The minimum atomic E-state index is -0.128. The highest BCUT2D eigenvalue weighted by Gasteiger charge is 2.25. The van der Waals surface area contributed by atoms with Crippen LogP contribution in [0, 0.1) is 0 Å². The zero-order valence-electron chi connectivity index (χ0n) is 18.3. The van der Waals surface area contributed by atoms with Gasteiger partial charge < -0.3 is 9.47 Å². The molecule has 1 fully saturated rings. The van der Waals surface area contributed by atoms with Crippen LogP contribution in [0.4, 0.5) is 5.13 Å². The summed E-state index contributed by atoms with van der Waals surface area (Å²) >= 11 is 1.50. The number of amides is 1. The van der Waals surface area contributed by atoms with Gasteiger partial charge in [-0.15, -0.1) is 0 Å². The maximum atomic E-state index is 13.4. The number of ether oxygens (including phenoxy) is 2. The van der Waals surface area contributed by atoms with Crippen LogP contribution in [0.25, 0.3) is 10.2 Å². The van der Waals surface area contributed by atoms with E-state index >= 15 is 0 Å². The Morgan fingerprint density at radius 3 is 2.81 bits per heavy atom. The Kier molecular flexibility index (Phi) is 6.84. The van der Waals surface area contributed by atoms with Crippen molar-refractivity contribution >= 4 is 32.6 Å². The van der Waals surface area contributed by atoms with Crippen LogP contribution in [0.5, 0.6) is 5.75 Å². The van der Waals surface area contributed by atoms with Gasteiger partial charge in [0, 0.05) is 38.4 Å². The van der Waals surface area contributed by atoms with Crippen LogP contribution in [0.3, 0.4) is 0 Å². The second-order valence-corrected chi connectivity index (χ2v) is 8.75. The summed E-state index contributed by atoms with van der Waals surface area (Å²) < 4.78 is 13.9. The minimum absolute atomic E-state index is 0.128. The van der Waals surface area contributed by atoms with E-state index in [9.17, 15) is 4.79 Å². The van der Waals surface area contributed by atoms with Crippen LogP contribution in [-0.4, -0.2) is 71.6 Å². The van der Waals surface area contributed by atoms with Crippen molar-refractivity contribution in [1.82, 2.24) is 19.7 Å². The molecule has 0 atom stereocenters. The van der Waals surface area contributed by atoms with E-state index in [1.807, 2.05) is 45.2 Å². The van der Waals surface area contributed by atoms with Crippen LogP contribution in [0.2, 0.25) is 0 Å². The van der Waals surface area contributed by atoms with Crippen LogP contribution >= 0.6 is 11.3 Å². The average molecular weight is 444 g/mol. The highest BCUT2D eigenvalue weighted by Crippen LogP contribution is 2.32. The average Bonchev–Trinajstić information content (AvgIpc) is 3.42. The molecule has 8 nitrogen and oxygen atoms in total. The number of thiazole rings is 1. The molecule has 0 N–H and O–H groups in total. The molecule has 1 amide bonds. The monoisotopic (exact) mass is 443 g/mol. The first-order valence-corrected chi connectivity index (χ1v) is 11.6. The van der Waals surface area contributed by atoms with E-state index < -0.39 is 0 Å². The Bertz CT molecular complexity index is 1030. The van der Waals surface area contributed by atoms with Gasteiger partial charge in [0.1, 0.15) is 5.75 Å². The van der Waals surface area contributed by atoms with Gasteiger partial charge in [0.25, 0.3) is 5.91 Å². The van der Waals surface area contributed by atoms with E-state index in [0.29, 0.717) is 24.0 Å². The lowest BCUT2D eigenvalue weighted by atomic mass is 10.3. The molecular formula is C22H29N5O3S. The quantitative estimate of drug-likeness (QED) is 0.531. The van der Waals surface area contributed by atoms with Gasteiger partial charge in [-0.05, 0) is 45.0 Å². The molecule has 31 heavy (non-hydrogen) atoms. The van der Waals surface area contributed by atoms with E-state index in [2.05, 4.69) is 10.00 Å². The molecule has 9 heteroatoms. The van der Waals surface area contributed by atoms with Crippen molar-refractivity contribution in [1.29, 1.82) is 0 Å². The van der Waals surface area contributed by atoms with E-state index in [1.165, 1.54) is 11.3 Å². The molecule has 1 aliphatic heterocycles. The first-order valence-electron chi connectivity index (χ1n) is 10.8. The third kappa shape index (κ3) is 5.06. The predicted octanol–water partition coefficient (Wildman–Crippen LogP) is 3.45. The molecule has 0 saturated carbocycles. The molecule has 0 unspecified atom stereocenters. The second-order valence-electron chi connectivity index (χ2n) is 7.74. The van der Waals surface area contributed by atoms with Crippen molar-refractivity contribution in [2.24, 2.45) is 0 Å². The van der Waals surface area contributed by atoms with Crippen LogP contribution < -0.4 is 9.64 Å². The molecule has 166 valence electrons. The van der Waals surface area contributed by atoms with Crippen LogP contribution in [0.1, 0.15) is 37.3 Å². The van der Waals surface area contributed by atoms with Gasteiger partial charge in [0.2, 0.25) is 0 Å². The number of rotatable bonds is 8. The van der Waals surface area contributed by atoms with Crippen molar-refractivity contribution in [2.75, 3.05) is 50.9 Å². The molecule has 4 rings (SSSR count). The summed E-state index contributed by atoms with van der Waals surface area (Å²) in [5.74, 6) is 0.684. The number of fused-ring (bicyclic) bond motifs is 1. The minimum Gasteiger partial charge on any atom is -0.494 e. The molecule has 0 spiro atoms. The van der Waals surface area contributed by atoms with Crippen molar-refractivity contribution in [3.8, 4) is 5.75 Å². The summed E-state index contributed by atoms with van der Waals surface area (Å²) in [4.78, 5) is 22.3. The molecule has 1 saturated heterocycles. The second kappa shape index (κ2) is 9.76. The molecular weight excluding hydrogens is 414 g/mol. The number of nitrogens with zero attached hydrogens (tertiary/aromatic N) is 5. The SMILES string of the molecule is CCOc1ccc2nc(N(CCN3CCOCC3)C(=O)c3ccn(C(C)C)n3)sc2c1. The Hall–Kier alpha value is -2.49. The topological polar surface area (TPSA) is 72.7 Å². The highest BCUT2D eigenvalue weighted by atomic mass is 32.1. The molecule has 2 aromatic heterocycles. The van der Waals surface area contributed by atoms with Gasteiger partial charge in [-0.2, -0.15) is 5.10 Å². The maximum absolute atomic E-state index is 13.4. The highest BCUT2D eigenvalue weighted by molar-refractivity contribution is 7.22. The molecule has 1 aliphatic rings. The third-order valence-electron chi connectivity index (χ3n) is 5.24. The number of anilines is 1. The van der Waals surface area contributed by atoms with E-state index in [4.69, 9.17) is 14.5 Å². The normalized spacial score (nSPS) is 15.0. The first-order chi connectivity index (χ1) is 15.0. The first kappa shape index (κ1) is 21.7. The smallest absolute Gasteiger partial charge is 0.280 e. The number of aromatic nitrogens is 3. The van der Waals surface area contributed by atoms with Gasteiger partial charge in [0.05, 0.1) is 30.0 Å². The van der Waals surface area contributed by atoms with E-state index in [0.717, 1.165) is 48.8 Å². The number of hydrogen-bond donors (Lipinski definition) is 0. The van der Waals surface area contributed by atoms with Crippen LogP contribution in [-0.2, 0) is 4.74 Å². The fourth-order valence-corrected chi connectivity index (χ4v) is 4.51. The summed E-state index contributed by atoms with van der Waals surface area (Å²) in [6.45, 7) is 11.2. The van der Waals surface area contributed by atoms with Gasteiger partial charge in [0.15, 0.2) is 10.8 Å². The fraction of sp³-hybridized carbons (Fsp3) is 0.500. The van der Waals surface area contributed by atoms with Gasteiger partial charge >= 0.3 is 0 Å². The number of carbonyl (C=O) groups excluding carboxylic acids is 1. The molecule has 0 aliphatic carbocycles. The van der Waals surface area contributed by atoms with Crippen molar-refractivity contribution in [2.45, 2.75) is 26.8 Å². The summed E-state index contributed by atoms with van der Waals surface area (Å²) in [5, 5.41) is 5.17. The molecule has 3 heterocycles. The van der Waals surface area contributed by atoms with Crippen LogP contribution in [0.15, 0.2) is 30.5 Å². The number of carbonyl (C=O) groups is 1. The van der Waals surface area contributed by atoms with E-state index in [1.54, 1.807) is 15.6 Å². The zero-order valence-corrected chi connectivity index (χ0v) is 19.1. The fourth-order valence-electron chi connectivity index (χ4n) is 3.49. The Morgan fingerprint density at radius 2 is 2.10 bits per heavy atom. The standard InChI is InChI=1S/C22H29N5O3S/c1-4-30-17-5-6-18-20(15-17)31-22(23-18)26(10-9-25-11-13-29-14-12-25)21(28)19-7-8-27(24-19)16(2)3/h5-8,15-16H,4,9-14H2,1-3H3. The van der Waals surface area contributed by atoms with Gasteiger partial charge in [-0.25, -0.2) is 4.98 Å². The predicted molar refractivity (Wildman–Crippen MR) is 122 cm³/mol. The lowest BCUT2D eigenvalue weighted by Gasteiger charge is -2.29. The third-order valence-corrected chi connectivity index (χ3v) is 6.28. The molecule has 0 bridgehead atoms. The summed E-state index contributed by atoms with van der Waals surface area (Å²) in [7, 11) is 0. The van der Waals surface area contributed by atoms with Crippen molar-refractivity contribution in [3.05, 3.63) is 36.2 Å². The Balaban J connectivity index is 1.61. The van der Waals surface area contributed by atoms with E-state index in [-0.39, 0.29) is 11.9 Å².